The second kappa shape index (κ2) is 6.80. The van der Waals surface area contributed by atoms with Gasteiger partial charge < -0.3 is 9.88 Å². The fraction of sp³-hybridized carbons (Fsp3) is 0.409. The number of H-pyrrole nitrogens is 1. The SMILES string of the molecule is O=C([C@H]1CCCc2c1[nH]c1ccccc21)N1CCC[C@H](c2ccncn2)C1. The van der Waals surface area contributed by atoms with E-state index in [-0.39, 0.29) is 11.8 Å². The lowest BCUT2D eigenvalue weighted by Gasteiger charge is -2.35. The third-order valence-corrected chi connectivity index (χ3v) is 6.17. The van der Waals surface area contributed by atoms with E-state index in [0.29, 0.717) is 5.92 Å². The number of nitrogens with zero attached hydrogens (tertiary/aromatic N) is 3. The first-order valence-electron chi connectivity index (χ1n) is 9.95. The third-order valence-electron chi connectivity index (χ3n) is 6.17. The Hall–Kier alpha value is -2.69. The summed E-state index contributed by atoms with van der Waals surface area (Å²) in [6, 6.07) is 10.4. The molecule has 0 radical (unpaired) electrons. The number of carbonyl (C=O) groups excluding carboxylic acids is 1. The number of benzene rings is 1. The van der Waals surface area contributed by atoms with Crippen LogP contribution in [-0.2, 0) is 11.2 Å². The van der Waals surface area contributed by atoms with Gasteiger partial charge in [-0.05, 0) is 49.8 Å². The minimum atomic E-state index is -0.0368. The highest BCUT2D eigenvalue weighted by atomic mass is 16.2. The number of aromatic amines is 1. The number of aryl methyl sites for hydroxylation is 1. The van der Waals surface area contributed by atoms with Crippen molar-refractivity contribution in [3.8, 4) is 0 Å². The molecular weight excluding hydrogens is 336 g/mol. The van der Waals surface area contributed by atoms with Crippen LogP contribution in [0.2, 0.25) is 0 Å². The van der Waals surface area contributed by atoms with Crippen molar-refractivity contribution >= 4 is 16.8 Å². The second-order valence-electron chi connectivity index (χ2n) is 7.77. The van der Waals surface area contributed by atoms with E-state index in [4.69, 9.17) is 0 Å². The van der Waals surface area contributed by atoms with Crippen LogP contribution in [0, 0.1) is 0 Å². The number of hydrogen-bond acceptors (Lipinski definition) is 3. The van der Waals surface area contributed by atoms with Gasteiger partial charge in [0.2, 0.25) is 5.91 Å². The highest BCUT2D eigenvalue weighted by Gasteiger charge is 2.34. The zero-order valence-corrected chi connectivity index (χ0v) is 15.4. The molecule has 1 aromatic carbocycles. The van der Waals surface area contributed by atoms with Crippen LogP contribution in [0.1, 0.15) is 54.5 Å². The van der Waals surface area contributed by atoms with Gasteiger partial charge in [-0.2, -0.15) is 0 Å². The molecule has 2 aliphatic rings. The summed E-state index contributed by atoms with van der Waals surface area (Å²) < 4.78 is 0. The topological polar surface area (TPSA) is 61.9 Å². The maximum Gasteiger partial charge on any atom is 0.231 e. The molecule has 5 nitrogen and oxygen atoms in total. The molecule has 1 N–H and O–H groups in total. The molecular formula is C22H24N4O. The number of para-hydroxylation sites is 1. The molecule has 1 aliphatic heterocycles. The molecule has 138 valence electrons. The van der Waals surface area contributed by atoms with E-state index in [2.05, 4.69) is 44.1 Å². The number of nitrogens with one attached hydrogen (secondary N) is 1. The number of piperidine rings is 1. The molecule has 2 aromatic heterocycles. The van der Waals surface area contributed by atoms with E-state index >= 15 is 0 Å². The van der Waals surface area contributed by atoms with Gasteiger partial charge in [0.25, 0.3) is 0 Å². The Morgan fingerprint density at radius 2 is 2.07 bits per heavy atom. The quantitative estimate of drug-likeness (QED) is 0.756. The van der Waals surface area contributed by atoms with Gasteiger partial charge in [-0.25, -0.2) is 9.97 Å². The van der Waals surface area contributed by atoms with Crippen molar-refractivity contribution in [2.45, 2.75) is 43.9 Å². The van der Waals surface area contributed by atoms with Gasteiger partial charge in [0.1, 0.15) is 6.33 Å². The molecule has 3 heterocycles. The molecule has 1 fully saturated rings. The molecule has 0 bridgehead atoms. The van der Waals surface area contributed by atoms with Gasteiger partial charge in [0, 0.05) is 47.5 Å². The van der Waals surface area contributed by atoms with Crippen LogP contribution in [0.25, 0.3) is 10.9 Å². The average Bonchev–Trinajstić information content (AvgIpc) is 3.13. The van der Waals surface area contributed by atoms with E-state index in [0.717, 1.165) is 62.1 Å². The Labute approximate surface area is 158 Å². The van der Waals surface area contributed by atoms with Gasteiger partial charge in [-0.3, -0.25) is 4.79 Å². The first kappa shape index (κ1) is 16.5. The fourth-order valence-electron chi connectivity index (χ4n) is 4.84. The van der Waals surface area contributed by atoms with Crippen molar-refractivity contribution in [1.82, 2.24) is 19.9 Å². The van der Waals surface area contributed by atoms with E-state index in [9.17, 15) is 4.79 Å². The van der Waals surface area contributed by atoms with Gasteiger partial charge in [0.15, 0.2) is 0 Å². The Bertz CT molecular complexity index is 965. The lowest BCUT2D eigenvalue weighted by Crippen LogP contribution is -2.42. The molecule has 27 heavy (non-hydrogen) atoms. The molecule has 5 heteroatoms. The first-order valence-corrected chi connectivity index (χ1v) is 9.95. The number of carbonyl (C=O) groups is 1. The molecule has 0 saturated carbocycles. The number of aromatic nitrogens is 3. The van der Waals surface area contributed by atoms with E-state index in [1.807, 2.05) is 6.07 Å². The Balaban J connectivity index is 1.42. The normalized spacial score (nSPS) is 22.6. The largest absolute Gasteiger partial charge is 0.357 e. The van der Waals surface area contributed by atoms with Crippen molar-refractivity contribution in [3.63, 3.8) is 0 Å². The average molecular weight is 360 g/mol. The van der Waals surface area contributed by atoms with Gasteiger partial charge in [-0.15, -0.1) is 0 Å². The Morgan fingerprint density at radius 3 is 2.96 bits per heavy atom. The van der Waals surface area contributed by atoms with Crippen LogP contribution >= 0.6 is 0 Å². The molecule has 0 spiro atoms. The molecule has 3 aromatic rings. The van der Waals surface area contributed by atoms with Crippen molar-refractivity contribution in [2.75, 3.05) is 13.1 Å². The summed E-state index contributed by atoms with van der Waals surface area (Å²) in [5, 5.41) is 1.28. The van der Waals surface area contributed by atoms with Crippen molar-refractivity contribution in [3.05, 3.63) is 59.8 Å². The molecule has 1 aliphatic carbocycles. The summed E-state index contributed by atoms with van der Waals surface area (Å²) in [7, 11) is 0. The summed E-state index contributed by atoms with van der Waals surface area (Å²) in [6.07, 6.45) is 8.60. The maximum atomic E-state index is 13.4. The van der Waals surface area contributed by atoms with E-state index < -0.39 is 0 Å². The number of hydrogen-bond donors (Lipinski definition) is 1. The number of fused-ring (bicyclic) bond motifs is 3. The monoisotopic (exact) mass is 360 g/mol. The minimum absolute atomic E-state index is 0.0368. The molecule has 1 saturated heterocycles. The summed E-state index contributed by atoms with van der Waals surface area (Å²) in [6.45, 7) is 1.62. The summed E-state index contributed by atoms with van der Waals surface area (Å²) in [4.78, 5) is 27.5. The van der Waals surface area contributed by atoms with E-state index in [1.54, 1.807) is 12.5 Å². The molecule has 2 atom stereocenters. The number of likely N-dealkylation sites (tertiary alicyclic amines) is 1. The number of amides is 1. The van der Waals surface area contributed by atoms with E-state index in [1.165, 1.54) is 10.9 Å². The smallest absolute Gasteiger partial charge is 0.231 e. The first-order chi connectivity index (χ1) is 13.3. The third kappa shape index (κ3) is 2.91. The zero-order chi connectivity index (χ0) is 18.2. The van der Waals surface area contributed by atoms with Crippen molar-refractivity contribution in [1.29, 1.82) is 0 Å². The van der Waals surface area contributed by atoms with Gasteiger partial charge >= 0.3 is 0 Å². The zero-order valence-electron chi connectivity index (χ0n) is 15.4. The highest BCUT2D eigenvalue weighted by molar-refractivity contribution is 5.90. The van der Waals surface area contributed by atoms with Crippen molar-refractivity contribution < 1.29 is 4.79 Å². The maximum absolute atomic E-state index is 13.4. The van der Waals surface area contributed by atoms with Crippen LogP contribution < -0.4 is 0 Å². The summed E-state index contributed by atoms with van der Waals surface area (Å²) in [5.74, 6) is 0.558. The second-order valence-corrected chi connectivity index (χ2v) is 7.77. The predicted octanol–water partition coefficient (Wildman–Crippen LogP) is 3.78. The molecule has 5 rings (SSSR count). The van der Waals surface area contributed by atoms with Gasteiger partial charge in [0.05, 0.1) is 5.92 Å². The lowest BCUT2D eigenvalue weighted by atomic mass is 9.85. The van der Waals surface area contributed by atoms with Crippen LogP contribution in [0.4, 0.5) is 0 Å². The van der Waals surface area contributed by atoms with Crippen LogP contribution in [0.3, 0.4) is 0 Å². The highest BCUT2D eigenvalue weighted by Crippen LogP contribution is 2.38. The summed E-state index contributed by atoms with van der Waals surface area (Å²) >= 11 is 0. The van der Waals surface area contributed by atoms with Crippen LogP contribution in [0.15, 0.2) is 42.9 Å². The number of rotatable bonds is 2. The lowest BCUT2D eigenvalue weighted by molar-refractivity contribution is -0.134. The standard InChI is InChI=1S/C22H24N4O/c27-22(26-12-4-5-15(13-26)19-10-11-23-14-24-19)18-8-3-7-17-16-6-1-2-9-20(16)25-21(17)18/h1-2,6,9-11,14-15,18,25H,3-5,7-8,12-13H2/t15-,18-/m0/s1. The summed E-state index contributed by atoms with van der Waals surface area (Å²) in [5.41, 5.74) is 4.70. The minimum Gasteiger partial charge on any atom is -0.357 e. The van der Waals surface area contributed by atoms with Crippen molar-refractivity contribution in [2.24, 2.45) is 0 Å². The predicted molar refractivity (Wildman–Crippen MR) is 105 cm³/mol. The van der Waals surface area contributed by atoms with Crippen LogP contribution in [0.5, 0.6) is 0 Å². The van der Waals surface area contributed by atoms with Gasteiger partial charge in [-0.1, -0.05) is 18.2 Å². The molecule has 0 unspecified atom stereocenters. The Kier molecular flexibility index (Phi) is 4.15. The molecule has 1 amide bonds. The Morgan fingerprint density at radius 1 is 1.15 bits per heavy atom. The fourth-order valence-corrected chi connectivity index (χ4v) is 4.84. The van der Waals surface area contributed by atoms with Crippen LogP contribution in [-0.4, -0.2) is 38.8 Å².